The van der Waals surface area contributed by atoms with Crippen molar-refractivity contribution < 1.29 is 9.72 Å². The molecule has 0 spiro atoms. The van der Waals surface area contributed by atoms with Crippen molar-refractivity contribution >= 4 is 29.0 Å². The Morgan fingerprint density at radius 1 is 1.03 bits per heavy atom. The largest absolute Gasteiger partial charge is 0.322 e. The molecule has 33 heavy (non-hydrogen) atoms. The van der Waals surface area contributed by atoms with Crippen molar-refractivity contribution in [3.05, 3.63) is 99.6 Å². The molecule has 4 rings (SSSR count). The fourth-order valence-corrected chi connectivity index (χ4v) is 4.03. The van der Waals surface area contributed by atoms with E-state index in [-0.39, 0.29) is 11.3 Å². The van der Waals surface area contributed by atoms with Crippen molar-refractivity contribution in [2.75, 3.05) is 5.32 Å². The van der Waals surface area contributed by atoms with Gasteiger partial charge in [0.1, 0.15) is 0 Å². The van der Waals surface area contributed by atoms with Crippen LogP contribution < -0.4 is 5.32 Å². The second-order valence-corrected chi connectivity index (χ2v) is 8.27. The van der Waals surface area contributed by atoms with Gasteiger partial charge in [0.25, 0.3) is 11.6 Å². The van der Waals surface area contributed by atoms with Gasteiger partial charge in [-0.1, -0.05) is 42.5 Å². The lowest BCUT2D eigenvalue weighted by atomic mass is 10.0. The molecule has 0 bridgehead atoms. The standard InChI is InChI=1S/C23H20N6O3S/c1-28-23(25-26-27-28)33-21-14-13-19(29(31)32)15-20(21)22(30)24-18-11-9-17(10-12-18)8-7-16-5-3-2-4-6-16/h2-6,9-15H,7-8H2,1H3,(H,24,30). The molecule has 0 atom stereocenters. The van der Waals surface area contributed by atoms with Gasteiger partial charge < -0.3 is 5.32 Å². The molecule has 1 heterocycles. The topological polar surface area (TPSA) is 116 Å². The summed E-state index contributed by atoms with van der Waals surface area (Å²) >= 11 is 1.16. The molecular formula is C23H20N6O3S. The molecule has 0 aliphatic carbocycles. The number of nitrogens with zero attached hydrogens (tertiary/aromatic N) is 5. The van der Waals surface area contributed by atoms with E-state index in [2.05, 4.69) is 33.0 Å². The molecule has 0 saturated heterocycles. The Morgan fingerprint density at radius 2 is 1.73 bits per heavy atom. The lowest BCUT2D eigenvalue weighted by Gasteiger charge is -2.10. The molecule has 166 valence electrons. The maximum absolute atomic E-state index is 13.0. The van der Waals surface area contributed by atoms with Gasteiger partial charge >= 0.3 is 0 Å². The lowest BCUT2D eigenvalue weighted by Crippen LogP contribution is -2.13. The summed E-state index contributed by atoms with van der Waals surface area (Å²) in [5.41, 5.74) is 3.02. The third kappa shape index (κ3) is 5.60. The predicted molar refractivity (Wildman–Crippen MR) is 124 cm³/mol. The SMILES string of the molecule is Cn1nnnc1Sc1ccc([N+](=O)[O-])cc1C(=O)Nc1ccc(CCc2ccccc2)cc1. The summed E-state index contributed by atoms with van der Waals surface area (Å²) in [7, 11) is 1.67. The second-order valence-electron chi connectivity index (χ2n) is 7.26. The van der Waals surface area contributed by atoms with Crippen molar-refractivity contribution in [2.45, 2.75) is 22.9 Å². The molecule has 1 amide bonds. The normalized spacial score (nSPS) is 10.7. The van der Waals surface area contributed by atoms with Crippen LogP contribution in [0.1, 0.15) is 21.5 Å². The number of benzene rings is 3. The van der Waals surface area contributed by atoms with E-state index in [4.69, 9.17) is 0 Å². The Bertz CT molecular complexity index is 1280. The van der Waals surface area contributed by atoms with Crippen molar-refractivity contribution in [1.82, 2.24) is 20.2 Å². The highest BCUT2D eigenvalue weighted by Crippen LogP contribution is 2.31. The van der Waals surface area contributed by atoms with Crippen LogP contribution in [-0.2, 0) is 19.9 Å². The molecule has 0 fully saturated rings. The monoisotopic (exact) mass is 460 g/mol. The van der Waals surface area contributed by atoms with Gasteiger partial charge in [0.05, 0.1) is 10.5 Å². The van der Waals surface area contributed by atoms with Gasteiger partial charge in [-0.2, -0.15) is 0 Å². The second kappa shape index (κ2) is 10.0. The Kier molecular flexibility index (Phi) is 6.75. The maximum atomic E-state index is 13.0. The number of carbonyl (C=O) groups is 1. The van der Waals surface area contributed by atoms with Gasteiger partial charge in [0.15, 0.2) is 0 Å². The number of aryl methyl sites for hydroxylation is 3. The van der Waals surface area contributed by atoms with Crippen molar-refractivity contribution in [3.63, 3.8) is 0 Å². The molecule has 3 aromatic carbocycles. The first-order chi connectivity index (χ1) is 16.0. The molecule has 4 aromatic rings. The van der Waals surface area contributed by atoms with Crippen LogP contribution >= 0.6 is 11.8 Å². The zero-order valence-corrected chi connectivity index (χ0v) is 18.5. The number of aromatic nitrogens is 4. The number of non-ortho nitro benzene ring substituents is 1. The minimum absolute atomic E-state index is 0.170. The summed E-state index contributed by atoms with van der Waals surface area (Å²) in [4.78, 5) is 24.2. The number of nitrogens with one attached hydrogen (secondary N) is 1. The van der Waals surface area contributed by atoms with Crippen molar-refractivity contribution in [3.8, 4) is 0 Å². The van der Waals surface area contributed by atoms with Crippen LogP contribution in [0.4, 0.5) is 11.4 Å². The van der Waals surface area contributed by atoms with E-state index in [0.29, 0.717) is 15.7 Å². The minimum Gasteiger partial charge on any atom is -0.322 e. The van der Waals surface area contributed by atoms with E-state index in [1.54, 1.807) is 7.05 Å². The average Bonchev–Trinajstić information content (AvgIpc) is 3.23. The van der Waals surface area contributed by atoms with Crippen molar-refractivity contribution in [2.24, 2.45) is 7.05 Å². The quantitative estimate of drug-likeness (QED) is 0.308. The number of anilines is 1. The Balaban J connectivity index is 1.49. The molecule has 10 heteroatoms. The number of nitro groups is 1. The molecule has 1 N–H and O–H groups in total. The van der Waals surface area contributed by atoms with Crippen LogP contribution in [0.25, 0.3) is 0 Å². The fraction of sp³-hybridized carbons (Fsp3) is 0.130. The lowest BCUT2D eigenvalue weighted by molar-refractivity contribution is -0.384. The van der Waals surface area contributed by atoms with Crippen LogP contribution in [0, 0.1) is 10.1 Å². The first-order valence-electron chi connectivity index (χ1n) is 10.1. The van der Waals surface area contributed by atoms with E-state index in [0.717, 1.165) is 30.2 Å². The Morgan fingerprint density at radius 3 is 2.36 bits per heavy atom. The number of tetrazole rings is 1. The number of carbonyl (C=O) groups excluding carboxylic acids is 1. The summed E-state index contributed by atoms with van der Waals surface area (Å²) in [5.74, 6) is -0.451. The van der Waals surface area contributed by atoms with Crippen LogP contribution in [0.15, 0.2) is 82.8 Å². The minimum atomic E-state index is -0.531. The Hall–Kier alpha value is -4.05. The van der Waals surface area contributed by atoms with E-state index < -0.39 is 10.8 Å². The van der Waals surface area contributed by atoms with Crippen LogP contribution in [0.5, 0.6) is 0 Å². The fourth-order valence-electron chi connectivity index (χ4n) is 3.19. The average molecular weight is 461 g/mol. The molecule has 0 aliphatic heterocycles. The van der Waals surface area contributed by atoms with Gasteiger partial charge in [-0.05, 0) is 64.4 Å². The third-order valence-corrected chi connectivity index (χ3v) is 6.06. The van der Waals surface area contributed by atoms with Gasteiger partial charge in [0, 0.05) is 29.8 Å². The number of hydrogen-bond donors (Lipinski definition) is 1. The highest BCUT2D eigenvalue weighted by Gasteiger charge is 2.19. The zero-order valence-electron chi connectivity index (χ0n) is 17.7. The first kappa shape index (κ1) is 22.2. The number of nitro benzene ring substituents is 1. The van der Waals surface area contributed by atoms with E-state index in [1.165, 1.54) is 28.4 Å². The molecule has 0 saturated carbocycles. The molecule has 0 unspecified atom stereocenters. The summed E-state index contributed by atoms with van der Waals surface area (Å²) in [6.45, 7) is 0. The molecule has 0 radical (unpaired) electrons. The highest BCUT2D eigenvalue weighted by molar-refractivity contribution is 7.99. The smallest absolute Gasteiger partial charge is 0.270 e. The van der Waals surface area contributed by atoms with Gasteiger partial charge in [0.2, 0.25) is 5.16 Å². The number of rotatable bonds is 8. The Labute approximate surface area is 194 Å². The highest BCUT2D eigenvalue weighted by atomic mass is 32.2. The molecular weight excluding hydrogens is 440 g/mol. The van der Waals surface area contributed by atoms with Gasteiger partial charge in [-0.15, -0.1) is 5.10 Å². The summed E-state index contributed by atoms with van der Waals surface area (Å²) < 4.78 is 1.46. The van der Waals surface area contributed by atoms with E-state index in [9.17, 15) is 14.9 Å². The molecule has 9 nitrogen and oxygen atoms in total. The van der Waals surface area contributed by atoms with E-state index >= 15 is 0 Å². The third-order valence-electron chi connectivity index (χ3n) is 4.96. The predicted octanol–water partition coefficient (Wildman–Crippen LogP) is 4.31. The number of amides is 1. The van der Waals surface area contributed by atoms with Crippen LogP contribution in [-0.4, -0.2) is 31.0 Å². The van der Waals surface area contributed by atoms with Gasteiger partial charge in [-0.3, -0.25) is 14.9 Å². The van der Waals surface area contributed by atoms with Crippen LogP contribution in [0.2, 0.25) is 0 Å². The zero-order chi connectivity index (χ0) is 23.2. The van der Waals surface area contributed by atoms with E-state index in [1.807, 2.05) is 42.5 Å². The molecule has 0 aliphatic rings. The maximum Gasteiger partial charge on any atom is 0.270 e. The van der Waals surface area contributed by atoms with Crippen LogP contribution in [0.3, 0.4) is 0 Å². The molecule has 1 aromatic heterocycles. The van der Waals surface area contributed by atoms with Crippen molar-refractivity contribution in [1.29, 1.82) is 0 Å². The first-order valence-corrected chi connectivity index (χ1v) is 10.9. The summed E-state index contributed by atoms with van der Waals surface area (Å²) in [6, 6.07) is 22.0. The summed E-state index contributed by atoms with van der Waals surface area (Å²) in [6.07, 6.45) is 1.81. The summed E-state index contributed by atoms with van der Waals surface area (Å²) in [5, 5.41) is 25.8. The van der Waals surface area contributed by atoms with Gasteiger partial charge in [-0.25, -0.2) is 4.68 Å². The number of hydrogen-bond acceptors (Lipinski definition) is 7.